The summed E-state index contributed by atoms with van der Waals surface area (Å²) in [6.45, 7) is 0. The molecule has 2 aromatic rings. The molecule has 0 aliphatic rings. The summed E-state index contributed by atoms with van der Waals surface area (Å²) < 4.78 is 0. The lowest BCUT2D eigenvalue weighted by atomic mass is 10.3. The second-order valence-electron chi connectivity index (χ2n) is 3.49. The fourth-order valence-electron chi connectivity index (χ4n) is 1.29. The minimum atomic E-state index is 0.340. The maximum atomic E-state index is 5.99. The molecular formula is C12H7Cl4N3. The first-order chi connectivity index (χ1) is 9.09. The van der Waals surface area contributed by atoms with Gasteiger partial charge in [-0.05, 0) is 24.3 Å². The Morgan fingerprint density at radius 2 is 1.42 bits per heavy atom. The van der Waals surface area contributed by atoms with Crippen molar-refractivity contribution >= 4 is 57.8 Å². The van der Waals surface area contributed by atoms with Crippen LogP contribution in [0.2, 0.25) is 20.1 Å². The van der Waals surface area contributed by atoms with E-state index in [2.05, 4.69) is 15.8 Å². The molecule has 0 radical (unpaired) electrons. The van der Waals surface area contributed by atoms with Crippen molar-refractivity contribution < 1.29 is 0 Å². The van der Waals surface area contributed by atoms with Crippen LogP contribution in [0.5, 0.6) is 0 Å². The van der Waals surface area contributed by atoms with E-state index in [1.54, 1.807) is 36.4 Å². The lowest BCUT2D eigenvalue weighted by molar-refractivity contribution is 1.13. The van der Waals surface area contributed by atoms with Crippen LogP contribution in [0.25, 0.3) is 0 Å². The van der Waals surface area contributed by atoms with Crippen LogP contribution in [0.15, 0.2) is 46.7 Å². The topological polar surface area (TPSA) is 36.8 Å². The van der Waals surface area contributed by atoms with Gasteiger partial charge in [-0.1, -0.05) is 63.8 Å². The third-order valence-electron chi connectivity index (χ3n) is 2.21. The van der Waals surface area contributed by atoms with Gasteiger partial charge in [-0.2, -0.15) is 0 Å². The Morgan fingerprint density at radius 3 is 2.16 bits per heavy atom. The number of halogens is 4. The number of anilines is 1. The smallest absolute Gasteiger partial charge is 0.108 e. The summed E-state index contributed by atoms with van der Waals surface area (Å²) in [6.07, 6.45) is 0. The van der Waals surface area contributed by atoms with Crippen molar-refractivity contribution in [3.63, 3.8) is 0 Å². The molecule has 0 aromatic heterocycles. The third kappa shape index (κ3) is 3.51. The highest BCUT2D eigenvalue weighted by atomic mass is 35.5. The van der Waals surface area contributed by atoms with E-state index < -0.39 is 0 Å². The summed E-state index contributed by atoms with van der Waals surface area (Å²) >= 11 is 23.7. The minimum absolute atomic E-state index is 0.340. The average molecular weight is 335 g/mol. The molecule has 1 N–H and O–H groups in total. The summed E-state index contributed by atoms with van der Waals surface area (Å²) in [4.78, 5) is 0. The van der Waals surface area contributed by atoms with Crippen LogP contribution in [0.4, 0.5) is 11.4 Å². The summed E-state index contributed by atoms with van der Waals surface area (Å²) in [5.41, 5.74) is 3.70. The van der Waals surface area contributed by atoms with Gasteiger partial charge >= 0.3 is 0 Å². The Hall–Kier alpha value is -1.000. The summed E-state index contributed by atoms with van der Waals surface area (Å²) in [5.74, 6) is 0. The van der Waals surface area contributed by atoms with Gasteiger partial charge in [0, 0.05) is 0 Å². The van der Waals surface area contributed by atoms with Crippen molar-refractivity contribution in [1.82, 2.24) is 0 Å². The van der Waals surface area contributed by atoms with Gasteiger partial charge in [-0.3, -0.25) is 5.43 Å². The first kappa shape index (κ1) is 14.4. The van der Waals surface area contributed by atoms with E-state index in [9.17, 15) is 0 Å². The van der Waals surface area contributed by atoms with Crippen LogP contribution in [0.1, 0.15) is 0 Å². The molecule has 2 rings (SSSR count). The highest BCUT2D eigenvalue weighted by molar-refractivity contribution is 6.44. The molecule has 0 aliphatic heterocycles. The fourth-order valence-corrected chi connectivity index (χ4v) is 1.97. The van der Waals surface area contributed by atoms with E-state index >= 15 is 0 Å². The van der Waals surface area contributed by atoms with Gasteiger partial charge in [0.1, 0.15) is 5.69 Å². The lowest BCUT2D eigenvalue weighted by Gasteiger charge is -2.03. The quantitative estimate of drug-likeness (QED) is 0.511. The number of nitrogens with zero attached hydrogens (tertiary/aromatic N) is 2. The summed E-state index contributed by atoms with van der Waals surface area (Å²) in [6, 6.07) is 10.3. The van der Waals surface area contributed by atoms with E-state index in [1.807, 2.05) is 0 Å². The molecular weight excluding hydrogens is 328 g/mol. The Kier molecular flexibility index (Phi) is 4.88. The van der Waals surface area contributed by atoms with Gasteiger partial charge in [0.25, 0.3) is 0 Å². The molecule has 19 heavy (non-hydrogen) atoms. The first-order valence-corrected chi connectivity index (χ1v) is 6.65. The number of nitrogens with one attached hydrogen (secondary N) is 1. The predicted octanol–water partition coefficient (Wildman–Crippen LogP) is 6.41. The largest absolute Gasteiger partial charge is 0.258 e. The van der Waals surface area contributed by atoms with E-state index in [4.69, 9.17) is 46.4 Å². The summed E-state index contributed by atoms with van der Waals surface area (Å²) in [7, 11) is 0. The average Bonchev–Trinajstić information content (AvgIpc) is 2.39. The van der Waals surface area contributed by atoms with Crippen molar-refractivity contribution in [3.8, 4) is 0 Å². The van der Waals surface area contributed by atoms with Crippen LogP contribution in [-0.2, 0) is 0 Å². The second kappa shape index (κ2) is 6.44. The molecule has 0 spiro atoms. The highest BCUT2D eigenvalue weighted by Gasteiger charge is 2.04. The summed E-state index contributed by atoms with van der Waals surface area (Å²) in [5, 5.41) is 9.30. The monoisotopic (exact) mass is 333 g/mol. The van der Waals surface area contributed by atoms with Gasteiger partial charge in [0.15, 0.2) is 0 Å². The molecule has 0 aliphatic carbocycles. The molecule has 98 valence electrons. The molecule has 2 aromatic carbocycles. The van der Waals surface area contributed by atoms with Crippen LogP contribution in [-0.4, -0.2) is 0 Å². The molecule has 0 atom stereocenters. The van der Waals surface area contributed by atoms with Crippen LogP contribution >= 0.6 is 46.4 Å². The Balaban J connectivity index is 2.16. The SMILES string of the molecule is Clc1cccc(N=NNc2cccc(Cl)c2Cl)c1Cl. The highest BCUT2D eigenvalue weighted by Crippen LogP contribution is 2.33. The van der Waals surface area contributed by atoms with E-state index in [-0.39, 0.29) is 0 Å². The number of hydrogen-bond acceptors (Lipinski definition) is 2. The maximum Gasteiger partial charge on any atom is 0.108 e. The zero-order valence-corrected chi connectivity index (χ0v) is 12.4. The number of hydrogen-bond donors (Lipinski definition) is 1. The minimum Gasteiger partial charge on any atom is -0.258 e. The third-order valence-corrected chi connectivity index (χ3v) is 3.84. The van der Waals surface area contributed by atoms with Crippen LogP contribution in [0, 0.1) is 0 Å². The standard InChI is InChI=1S/C12H7Cl4N3/c13-7-3-1-5-9(11(7)15)17-19-18-10-6-2-4-8(14)12(10)16/h1-6H,(H,17,18). The van der Waals surface area contributed by atoms with Gasteiger partial charge in [0.05, 0.1) is 25.8 Å². The lowest BCUT2D eigenvalue weighted by Crippen LogP contribution is -1.87. The zero-order chi connectivity index (χ0) is 13.8. The molecule has 0 heterocycles. The predicted molar refractivity (Wildman–Crippen MR) is 81.1 cm³/mol. The van der Waals surface area contributed by atoms with E-state index in [0.717, 1.165) is 0 Å². The number of benzene rings is 2. The Morgan fingerprint density at radius 1 is 0.789 bits per heavy atom. The van der Waals surface area contributed by atoms with Crippen LogP contribution in [0.3, 0.4) is 0 Å². The molecule has 0 bridgehead atoms. The number of rotatable bonds is 3. The Bertz CT molecular complexity index is 628. The van der Waals surface area contributed by atoms with Gasteiger partial charge in [0.2, 0.25) is 0 Å². The van der Waals surface area contributed by atoms with E-state index in [0.29, 0.717) is 31.5 Å². The van der Waals surface area contributed by atoms with Gasteiger partial charge < -0.3 is 0 Å². The maximum absolute atomic E-state index is 5.99. The molecule has 0 saturated carbocycles. The van der Waals surface area contributed by atoms with Crippen molar-refractivity contribution in [2.45, 2.75) is 0 Å². The second-order valence-corrected chi connectivity index (χ2v) is 5.06. The van der Waals surface area contributed by atoms with Crippen molar-refractivity contribution in [2.75, 3.05) is 5.43 Å². The molecule has 0 unspecified atom stereocenters. The molecule has 7 heteroatoms. The molecule has 0 amide bonds. The Labute approximate surface area is 130 Å². The zero-order valence-electron chi connectivity index (χ0n) is 9.37. The van der Waals surface area contributed by atoms with Gasteiger partial charge in [-0.25, -0.2) is 0 Å². The van der Waals surface area contributed by atoms with Crippen LogP contribution < -0.4 is 5.43 Å². The fraction of sp³-hybridized carbons (Fsp3) is 0. The van der Waals surface area contributed by atoms with Crippen molar-refractivity contribution in [3.05, 3.63) is 56.5 Å². The molecule has 3 nitrogen and oxygen atoms in total. The van der Waals surface area contributed by atoms with Crippen molar-refractivity contribution in [2.24, 2.45) is 10.3 Å². The van der Waals surface area contributed by atoms with Crippen molar-refractivity contribution in [1.29, 1.82) is 0 Å². The molecule has 0 fully saturated rings. The van der Waals surface area contributed by atoms with Gasteiger partial charge in [-0.15, -0.1) is 5.11 Å². The first-order valence-electron chi connectivity index (χ1n) is 5.14. The van der Waals surface area contributed by atoms with E-state index in [1.165, 1.54) is 0 Å². The normalized spacial score (nSPS) is 10.9. The molecule has 0 saturated heterocycles.